The van der Waals surface area contributed by atoms with E-state index in [0.717, 1.165) is 58.2 Å². The number of unbranched alkanes of at least 4 members (excludes halogenated alkanes) is 1. The first kappa shape index (κ1) is 22.7. The summed E-state index contributed by atoms with van der Waals surface area (Å²) in [6.07, 6.45) is 10.8. The van der Waals surface area contributed by atoms with Gasteiger partial charge in [0.05, 0.1) is 13.2 Å². The minimum Gasteiger partial charge on any atom is -0.379 e. The molecule has 25 heavy (non-hydrogen) atoms. The van der Waals surface area contributed by atoms with Crippen LogP contribution in [0.1, 0.15) is 44.9 Å². The number of nitrogens with zero attached hydrogens (tertiary/aromatic N) is 3. The molecule has 1 aliphatic heterocycles. The van der Waals surface area contributed by atoms with Crippen LogP contribution in [0.4, 0.5) is 0 Å². The zero-order valence-corrected chi connectivity index (χ0v) is 18.5. The summed E-state index contributed by atoms with van der Waals surface area (Å²) < 4.78 is 5.57. The molecule has 1 N–H and O–H groups in total. The van der Waals surface area contributed by atoms with Crippen LogP contribution in [0.25, 0.3) is 0 Å². The Bertz CT molecular complexity index is 404. The molecule has 0 atom stereocenters. The maximum Gasteiger partial charge on any atom is 0.193 e. The lowest BCUT2D eigenvalue weighted by Gasteiger charge is -2.48. The highest BCUT2D eigenvalue weighted by molar-refractivity contribution is 14.0. The van der Waals surface area contributed by atoms with E-state index in [9.17, 15) is 0 Å². The molecular formula is C19H37IN4O. The van der Waals surface area contributed by atoms with Crippen LogP contribution in [0.2, 0.25) is 0 Å². The molecule has 0 amide bonds. The van der Waals surface area contributed by atoms with Gasteiger partial charge in [0, 0.05) is 45.8 Å². The first-order chi connectivity index (χ1) is 11.7. The Hall–Kier alpha value is -0.340. The first-order valence-corrected chi connectivity index (χ1v) is 9.57. The van der Waals surface area contributed by atoms with Crippen molar-refractivity contribution in [2.24, 2.45) is 4.99 Å². The highest BCUT2D eigenvalue weighted by Gasteiger charge is 2.38. The largest absolute Gasteiger partial charge is 0.379 e. The van der Waals surface area contributed by atoms with Gasteiger partial charge in [-0.2, -0.15) is 0 Å². The van der Waals surface area contributed by atoms with E-state index < -0.39 is 0 Å². The van der Waals surface area contributed by atoms with E-state index in [1.807, 2.05) is 13.1 Å². The van der Waals surface area contributed by atoms with Crippen molar-refractivity contribution in [2.75, 3.05) is 53.5 Å². The van der Waals surface area contributed by atoms with Crippen LogP contribution in [0, 0.1) is 0 Å². The predicted octanol–water partition coefficient (Wildman–Crippen LogP) is 3.11. The Morgan fingerprint density at radius 2 is 1.96 bits per heavy atom. The summed E-state index contributed by atoms with van der Waals surface area (Å²) in [5.74, 6) is 1.01. The highest BCUT2D eigenvalue weighted by Crippen LogP contribution is 2.33. The highest BCUT2D eigenvalue weighted by atomic mass is 127. The quantitative estimate of drug-likeness (QED) is 0.207. The van der Waals surface area contributed by atoms with Gasteiger partial charge in [0.2, 0.25) is 0 Å². The molecule has 2 fully saturated rings. The molecule has 1 saturated carbocycles. The SMILES string of the molecule is C=CCCCN(C)C(=NC)NCC1(N2CCOCC2)CCCCC1.I. The second-order valence-electron chi connectivity index (χ2n) is 7.14. The van der Waals surface area contributed by atoms with Crippen LogP contribution >= 0.6 is 24.0 Å². The zero-order chi connectivity index (χ0) is 17.3. The van der Waals surface area contributed by atoms with Crippen LogP contribution in [0.3, 0.4) is 0 Å². The molecule has 1 heterocycles. The fourth-order valence-electron chi connectivity index (χ4n) is 4.06. The molecule has 0 aromatic heterocycles. The number of aliphatic imine (C=N–C) groups is 1. The minimum absolute atomic E-state index is 0. The van der Waals surface area contributed by atoms with Crippen molar-refractivity contribution in [1.82, 2.24) is 15.1 Å². The van der Waals surface area contributed by atoms with Crippen molar-refractivity contribution in [2.45, 2.75) is 50.5 Å². The number of halogens is 1. The number of allylic oxidation sites excluding steroid dienone is 1. The van der Waals surface area contributed by atoms with Crippen molar-refractivity contribution in [1.29, 1.82) is 0 Å². The Morgan fingerprint density at radius 1 is 1.28 bits per heavy atom. The summed E-state index contributed by atoms with van der Waals surface area (Å²) in [4.78, 5) is 9.40. The van der Waals surface area contributed by atoms with E-state index in [0.29, 0.717) is 0 Å². The van der Waals surface area contributed by atoms with Crippen LogP contribution in [0.15, 0.2) is 17.6 Å². The molecule has 2 rings (SSSR count). The number of rotatable bonds is 7. The Morgan fingerprint density at radius 3 is 2.56 bits per heavy atom. The van der Waals surface area contributed by atoms with Gasteiger partial charge in [-0.3, -0.25) is 9.89 Å². The topological polar surface area (TPSA) is 40.1 Å². The predicted molar refractivity (Wildman–Crippen MR) is 117 cm³/mol. The maximum atomic E-state index is 5.57. The van der Waals surface area contributed by atoms with Crippen molar-refractivity contribution in [3.05, 3.63) is 12.7 Å². The third-order valence-electron chi connectivity index (χ3n) is 5.52. The number of ether oxygens (including phenoxy) is 1. The van der Waals surface area contributed by atoms with E-state index in [4.69, 9.17) is 4.74 Å². The number of guanidine groups is 1. The van der Waals surface area contributed by atoms with Gasteiger partial charge in [0.15, 0.2) is 5.96 Å². The van der Waals surface area contributed by atoms with E-state index in [-0.39, 0.29) is 29.5 Å². The van der Waals surface area contributed by atoms with E-state index in [1.54, 1.807) is 0 Å². The number of morpholine rings is 1. The lowest BCUT2D eigenvalue weighted by molar-refractivity contribution is -0.0354. The van der Waals surface area contributed by atoms with E-state index in [2.05, 4.69) is 33.7 Å². The fraction of sp³-hybridized carbons (Fsp3) is 0.842. The molecule has 0 aromatic carbocycles. The maximum absolute atomic E-state index is 5.57. The lowest BCUT2D eigenvalue weighted by Crippen LogP contribution is -2.60. The van der Waals surface area contributed by atoms with E-state index in [1.165, 1.54) is 32.1 Å². The number of nitrogens with one attached hydrogen (secondary N) is 1. The standard InChI is InChI=1S/C19H36N4O.HI/c1-4-5-9-12-22(3)18(20-2)21-17-19(10-7-6-8-11-19)23-13-15-24-16-14-23;/h4H,1,5-17H2,2-3H3,(H,20,21);1H. The average molecular weight is 464 g/mol. The zero-order valence-electron chi connectivity index (χ0n) is 16.1. The molecule has 146 valence electrons. The molecule has 1 aliphatic carbocycles. The minimum atomic E-state index is 0. The molecule has 0 bridgehead atoms. The van der Waals surface area contributed by atoms with Crippen molar-refractivity contribution in [3.63, 3.8) is 0 Å². The molecule has 0 spiro atoms. The van der Waals surface area contributed by atoms with Crippen LogP contribution < -0.4 is 5.32 Å². The van der Waals surface area contributed by atoms with Crippen LogP contribution in [-0.4, -0.2) is 74.8 Å². The Labute approximate surface area is 171 Å². The third kappa shape index (κ3) is 6.71. The molecule has 0 unspecified atom stereocenters. The smallest absolute Gasteiger partial charge is 0.193 e. The number of hydrogen-bond acceptors (Lipinski definition) is 3. The molecular weight excluding hydrogens is 427 g/mol. The Kier molecular flexibility index (Phi) is 11.0. The lowest BCUT2D eigenvalue weighted by atomic mass is 9.80. The summed E-state index contributed by atoms with van der Waals surface area (Å²) in [6, 6.07) is 0. The second kappa shape index (κ2) is 12.1. The van der Waals surface area contributed by atoms with Gasteiger partial charge in [-0.15, -0.1) is 30.6 Å². The Balaban J connectivity index is 0.00000312. The molecule has 1 saturated heterocycles. The van der Waals surface area contributed by atoms with Gasteiger partial charge in [-0.1, -0.05) is 25.3 Å². The summed E-state index contributed by atoms with van der Waals surface area (Å²) in [7, 11) is 4.01. The normalized spacial score (nSPS) is 21.3. The monoisotopic (exact) mass is 464 g/mol. The number of hydrogen-bond donors (Lipinski definition) is 1. The van der Waals surface area contributed by atoms with Crippen molar-refractivity contribution < 1.29 is 4.74 Å². The van der Waals surface area contributed by atoms with Gasteiger partial charge < -0.3 is 15.0 Å². The molecule has 2 aliphatic rings. The fourth-order valence-corrected chi connectivity index (χ4v) is 4.06. The second-order valence-corrected chi connectivity index (χ2v) is 7.14. The molecule has 0 radical (unpaired) electrons. The van der Waals surface area contributed by atoms with E-state index >= 15 is 0 Å². The first-order valence-electron chi connectivity index (χ1n) is 9.57. The molecule has 6 heteroatoms. The van der Waals surface area contributed by atoms with Crippen molar-refractivity contribution in [3.8, 4) is 0 Å². The summed E-state index contributed by atoms with van der Waals surface area (Å²) >= 11 is 0. The van der Waals surface area contributed by atoms with Crippen LogP contribution in [0.5, 0.6) is 0 Å². The summed E-state index contributed by atoms with van der Waals surface area (Å²) in [6.45, 7) is 9.68. The van der Waals surface area contributed by atoms with Gasteiger partial charge in [-0.05, 0) is 25.7 Å². The molecule has 5 nitrogen and oxygen atoms in total. The van der Waals surface area contributed by atoms with Gasteiger partial charge >= 0.3 is 0 Å². The molecule has 0 aromatic rings. The van der Waals surface area contributed by atoms with Gasteiger partial charge in [0.25, 0.3) is 0 Å². The average Bonchev–Trinajstić information content (AvgIpc) is 2.64. The van der Waals surface area contributed by atoms with Crippen LogP contribution in [-0.2, 0) is 4.74 Å². The summed E-state index contributed by atoms with van der Waals surface area (Å²) in [5, 5.41) is 3.67. The van der Waals surface area contributed by atoms with Gasteiger partial charge in [-0.25, -0.2) is 0 Å². The summed E-state index contributed by atoms with van der Waals surface area (Å²) in [5.41, 5.74) is 0.278. The third-order valence-corrected chi connectivity index (χ3v) is 5.52. The van der Waals surface area contributed by atoms with Crippen molar-refractivity contribution >= 4 is 29.9 Å². The van der Waals surface area contributed by atoms with Gasteiger partial charge in [0.1, 0.15) is 0 Å².